The second kappa shape index (κ2) is 6.62. The van der Waals surface area contributed by atoms with Crippen LogP contribution in [0.4, 0.5) is 0 Å². The zero-order valence-corrected chi connectivity index (χ0v) is 7.95. The van der Waals surface area contributed by atoms with E-state index in [0.29, 0.717) is 26.1 Å². The minimum atomic E-state index is -0.958. The molecule has 1 atom stereocenters. The first kappa shape index (κ1) is 12.1. The molecule has 0 aliphatic heterocycles. The van der Waals surface area contributed by atoms with E-state index in [2.05, 4.69) is 6.58 Å². The van der Waals surface area contributed by atoms with E-state index >= 15 is 0 Å². The topological polar surface area (TPSA) is 72.5 Å². The summed E-state index contributed by atoms with van der Waals surface area (Å²) in [7, 11) is 0. The lowest BCUT2D eigenvalue weighted by Gasteiger charge is -2.06. The smallest absolute Gasteiger partial charge is 0.320 e. The summed E-state index contributed by atoms with van der Waals surface area (Å²) >= 11 is 0. The van der Waals surface area contributed by atoms with Crippen molar-refractivity contribution in [3.05, 3.63) is 12.2 Å². The molecule has 76 valence electrons. The van der Waals surface area contributed by atoms with Crippen molar-refractivity contribution in [3.63, 3.8) is 0 Å². The normalized spacial score (nSPS) is 12.5. The predicted octanol–water partition coefficient (Wildman–Crippen LogP) is 0.771. The molecular formula is C9H17NO3. The van der Waals surface area contributed by atoms with Gasteiger partial charge in [0.15, 0.2) is 0 Å². The van der Waals surface area contributed by atoms with Crippen LogP contribution >= 0.6 is 0 Å². The van der Waals surface area contributed by atoms with Crippen molar-refractivity contribution in [1.82, 2.24) is 0 Å². The molecule has 3 N–H and O–H groups in total. The molecule has 0 radical (unpaired) electrons. The second-order valence-electron chi connectivity index (χ2n) is 3.10. The van der Waals surface area contributed by atoms with Crippen LogP contribution < -0.4 is 5.73 Å². The predicted molar refractivity (Wildman–Crippen MR) is 50.5 cm³/mol. The van der Waals surface area contributed by atoms with Crippen LogP contribution in [-0.2, 0) is 9.53 Å². The van der Waals surface area contributed by atoms with Gasteiger partial charge < -0.3 is 15.6 Å². The van der Waals surface area contributed by atoms with Gasteiger partial charge in [0.1, 0.15) is 6.04 Å². The Morgan fingerprint density at radius 2 is 2.31 bits per heavy atom. The van der Waals surface area contributed by atoms with Gasteiger partial charge in [0.25, 0.3) is 0 Å². The minimum Gasteiger partial charge on any atom is -0.480 e. The molecule has 13 heavy (non-hydrogen) atoms. The summed E-state index contributed by atoms with van der Waals surface area (Å²) in [5.41, 5.74) is 6.25. The fourth-order valence-corrected chi connectivity index (χ4v) is 0.775. The van der Waals surface area contributed by atoms with E-state index in [1.54, 1.807) is 0 Å². The SMILES string of the molecule is C=C(C)COCCCC(N)C(=O)O. The first-order valence-corrected chi connectivity index (χ1v) is 4.24. The quantitative estimate of drug-likeness (QED) is 0.456. The number of rotatable bonds is 7. The molecule has 1 unspecified atom stereocenters. The molecule has 0 rings (SSSR count). The Kier molecular flexibility index (Phi) is 6.18. The summed E-state index contributed by atoms with van der Waals surface area (Å²) in [6.45, 7) is 6.62. The molecule has 4 nitrogen and oxygen atoms in total. The van der Waals surface area contributed by atoms with Crippen molar-refractivity contribution < 1.29 is 14.6 Å². The Balaban J connectivity index is 3.26. The summed E-state index contributed by atoms with van der Waals surface area (Å²) in [4.78, 5) is 10.3. The summed E-state index contributed by atoms with van der Waals surface area (Å²) in [6.07, 6.45) is 1.12. The third-order valence-electron chi connectivity index (χ3n) is 1.47. The molecule has 0 fully saturated rings. The Morgan fingerprint density at radius 3 is 2.77 bits per heavy atom. The van der Waals surface area contributed by atoms with Crippen LogP contribution in [0.15, 0.2) is 12.2 Å². The average molecular weight is 187 g/mol. The fraction of sp³-hybridized carbons (Fsp3) is 0.667. The lowest BCUT2D eigenvalue weighted by Crippen LogP contribution is -2.30. The molecule has 0 aromatic carbocycles. The molecule has 0 saturated carbocycles. The van der Waals surface area contributed by atoms with Gasteiger partial charge in [-0.05, 0) is 19.8 Å². The number of nitrogens with two attached hydrogens (primary N) is 1. The molecule has 0 aromatic heterocycles. The fourth-order valence-electron chi connectivity index (χ4n) is 0.775. The Bertz CT molecular complexity index is 180. The lowest BCUT2D eigenvalue weighted by atomic mass is 10.2. The van der Waals surface area contributed by atoms with Gasteiger partial charge in [-0.1, -0.05) is 12.2 Å². The summed E-state index contributed by atoms with van der Waals surface area (Å²) in [5, 5.41) is 8.45. The van der Waals surface area contributed by atoms with Gasteiger partial charge in [0, 0.05) is 6.61 Å². The maximum Gasteiger partial charge on any atom is 0.320 e. The second-order valence-corrected chi connectivity index (χ2v) is 3.10. The van der Waals surface area contributed by atoms with E-state index in [9.17, 15) is 4.79 Å². The third kappa shape index (κ3) is 7.49. The van der Waals surface area contributed by atoms with Crippen molar-refractivity contribution in [2.45, 2.75) is 25.8 Å². The standard InChI is InChI=1S/C9H17NO3/c1-7(2)6-13-5-3-4-8(10)9(11)12/h8H,1,3-6,10H2,2H3,(H,11,12). The van der Waals surface area contributed by atoms with Crippen LogP contribution in [0.1, 0.15) is 19.8 Å². The van der Waals surface area contributed by atoms with E-state index in [1.807, 2.05) is 6.92 Å². The number of hydrogen-bond donors (Lipinski definition) is 2. The average Bonchev–Trinajstić information content (AvgIpc) is 2.02. The molecule has 0 aromatic rings. The van der Waals surface area contributed by atoms with Crippen molar-refractivity contribution in [2.24, 2.45) is 5.73 Å². The van der Waals surface area contributed by atoms with Crippen LogP contribution in [0.3, 0.4) is 0 Å². The zero-order chi connectivity index (χ0) is 10.3. The van der Waals surface area contributed by atoms with Crippen molar-refractivity contribution in [1.29, 1.82) is 0 Å². The Hall–Kier alpha value is -0.870. The molecule has 0 heterocycles. The van der Waals surface area contributed by atoms with Gasteiger partial charge in [0.05, 0.1) is 6.61 Å². The minimum absolute atomic E-state index is 0.450. The number of hydrogen-bond acceptors (Lipinski definition) is 3. The summed E-state index contributed by atoms with van der Waals surface area (Å²) in [5.74, 6) is -0.958. The van der Waals surface area contributed by atoms with Crippen LogP contribution in [0.5, 0.6) is 0 Å². The summed E-state index contributed by atoms with van der Waals surface area (Å²) in [6, 6.07) is -0.770. The van der Waals surface area contributed by atoms with Crippen molar-refractivity contribution >= 4 is 5.97 Å². The number of carboxylic acids is 1. The molecular weight excluding hydrogens is 170 g/mol. The maximum absolute atomic E-state index is 10.3. The van der Waals surface area contributed by atoms with Crippen LogP contribution in [0.2, 0.25) is 0 Å². The maximum atomic E-state index is 10.3. The van der Waals surface area contributed by atoms with E-state index < -0.39 is 12.0 Å². The Morgan fingerprint density at radius 1 is 1.69 bits per heavy atom. The number of carboxylic acid groups (broad SMARTS) is 1. The lowest BCUT2D eigenvalue weighted by molar-refractivity contribution is -0.138. The molecule has 0 bridgehead atoms. The van der Waals surface area contributed by atoms with Gasteiger partial charge in [-0.2, -0.15) is 0 Å². The molecule has 0 aliphatic carbocycles. The van der Waals surface area contributed by atoms with E-state index in [1.165, 1.54) is 0 Å². The van der Waals surface area contributed by atoms with Gasteiger partial charge in [0.2, 0.25) is 0 Å². The number of carbonyl (C=O) groups is 1. The third-order valence-corrected chi connectivity index (χ3v) is 1.47. The van der Waals surface area contributed by atoms with Crippen LogP contribution in [-0.4, -0.2) is 30.3 Å². The van der Waals surface area contributed by atoms with E-state index in [0.717, 1.165) is 5.57 Å². The molecule has 0 aliphatic rings. The van der Waals surface area contributed by atoms with E-state index in [4.69, 9.17) is 15.6 Å². The van der Waals surface area contributed by atoms with Crippen LogP contribution in [0.25, 0.3) is 0 Å². The first-order chi connectivity index (χ1) is 6.04. The first-order valence-electron chi connectivity index (χ1n) is 4.24. The Labute approximate surface area is 78.4 Å². The van der Waals surface area contributed by atoms with Gasteiger partial charge in [-0.25, -0.2) is 0 Å². The molecule has 0 spiro atoms. The van der Waals surface area contributed by atoms with Crippen LogP contribution in [0, 0.1) is 0 Å². The monoisotopic (exact) mass is 187 g/mol. The highest BCUT2D eigenvalue weighted by Gasteiger charge is 2.09. The zero-order valence-electron chi connectivity index (χ0n) is 7.95. The highest BCUT2D eigenvalue weighted by molar-refractivity contribution is 5.72. The molecule has 0 amide bonds. The van der Waals surface area contributed by atoms with Gasteiger partial charge in [-0.3, -0.25) is 4.79 Å². The largest absolute Gasteiger partial charge is 0.480 e. The van der Waals surface area contributed by atoms with E-state index in [-0.39, 0.29) is 0 Å². The number of ether oxygens (including phenoxy) is 1. The molecule has 0 saturated heterocycles. The molecule has 4 heteroatoms. The highest BCUT2D eigenvalue weighted by Crippen LogP contribution is 1.96. The summed E-state index contributed by atoms with van der Waals surface area (Å²) < 4.78 is 5.18. The van der Waals surface area contributed by atoms with Gasteiger partial charge in [-0.15, -0.1) is 0 Å². The highest BCUT2D eigenvalue weighted by atomic mass is 16.5. The van der Waals surface area contributed by atoms with Gasteiger partial charge >= 0.3 is 5.97 Å². The van der Waals surface area contributed by atoms with Crippen molar-refractivity contribution in [2.75, 3.05) is 13.2 Å². The van der Waals surface area contributed by atoms with Crippen molar-refractivity contribution in [3.8, 4) is 0 Å². The number of aliphatic carboxylic acids is 1.